The highest BCUT2D eigenvalue weighted by Crippen LogP contribution is 2.10. The Balaban J connectivity index is 1.83. The third-order valence-corrected chi connectivity index (χ3v) is 3.91. The lowest BCUT2D eigenvalue weighted by Crippen LogP contribution is -2.42. The van der Waals surface area contributed by atoms with Crippen LogP contribution in [0.3, 0.4) is 0 Å². The summed E-state index contributed by atoms with van der Waals surface area (Å²) in [4.78, 5) is 16.2. The fourth-order valence-electron chi connectivity index (χ4n) is 2.46. The quantitative estimate of drug-likeness (QED) is 0.885. The van der Waals surface area contributed by atoms with Crippen molar-refractivity contribution in [1.29, 1.82) is 0 Å². The van der Waals surface area contributed by atoms with Gasteiger partial charge in [0.2, 0.25) is 0 Å². The highest BCUT2D eigenvalue weighted by molar-refractivity contribution is 9.11. The zero-order valence-corrected chi connectivity index (χ0v) is 14.1. The van der Waals surface area contributed by atoms with E-state index in [9.17, 15) is 9.18 Å². The minimum atomic E-state index is -0.212. The van der Waals surface area contributed by atoms with Gasteiger partial charge < -0.3 is 10.2 Å². The van der Waals surface area contributed by atoms with Gasteiger partial charge in [-0.1, -0.05) is 34.6 Å². The van der Waals surface area contributed by atoms with Crippen LogP contribution in [-0.4, -0.2) is 48.6 Å². The van der Waals surface area contributed by atoms with Crippen LogP contribution in [0.4, 0.5) is 9.18 Å². The number of carbonyl (C=O) groups excluding carboxylic acids is 1. The van der Waals surface area contributed by atoms with E-state index in [4.69, 9.17) is 0 Å². The van der Waals surface area contributed by atoms with Gasteiger partial charge in [0, 0.05) is 37.2 Å². The Morgan fingerprint density at radius 3 is 2.64 bits per heavy atom. The summed E-state index contributed by atoms with van der Waals surface area (Å²) in [6.45, 7) is 8.13. The molecule has 1 fully saturated rings. The molecule has 0 atom stereocenters. The van der Waals surface area contributed by atoms with Gasteiger partial charge in [-0.15, -0.1) is 0 Å². The predicted octanol–water partition coefficient (Wildman–Crippen LogP) is 2.95. The molecule has 1 aliphatic heterocycles. The molecule has 1 saturated heterocycles. The van der Waals surface area contributed by atoms with Gasteiger partial charge in [-0.3, -0.25) is 4.90 Å². The number of hydrogen-bond donors (Lipinski definition) is 1. The molecule has 1 aromatic rings. The Bertz CT molecular complexity index is 521. The molecule has 2 rings (SSSR count). The van der Waals surface area contributed by atoms with Crippen molar-refractivity contribution in [2.45, 2.75) is 13.0 Å². The summed E-state index contributed by atoms with van der Waals surface area (Å²) in [6, 6.07) is 6.54. The number of amides is 2. The molecule has 0 saturated carbocycles. The number of rotatable bonds is 4. The average Bonchev–Trinajstić information content (AvgIpc) is 2.73. The molecule has 1 heterocycles. The Kier molecular flexibility index (Phi) is 6.39. The van der Waals surface area contributed by atoms with E-state index in [0.29, 0.717) is 13.1 Å². The van der Waals surface area contributed by atoms with Crippen molar-refractivity contribution in [3.63, 3.8) is 0 Å². The van der Waals surface area contributed by atoms with Crippen LogP contribution in [0.5, 0.6) is 0 Å². The fraction of sp³-hybridized carbons (Fsp3) is 0.438. The van der Waals surface area contributed by atoms with E-state index < -0.39 is 0 Å². The number of halogens is 2. The average molecular weight is 370 g/mol. The van der Waals surface area contributed by atoms with Gasteiger partial charge in [0.05, 0.1) is 6.54 Å². The monoisotopic (exact) mass is 369 g/mol. The lowest BCUT2D eigenvalue weighted by molar-refractivity contribution is 0.198. The summed E-state index contributed by atoms with van der Waals surface area (Å²) in [5.74, 6) is -0.212. The lowest BCUT2D eigenvalue weighted by Gasteiger charge is -2.22. The molecule has 1 aliphatic rings. The summed E-state index contributed by atoms with van der Waals surface area (Å²) >= 11 is 3.23. The van der Waals surface area contributed by atoms with E-state index in [0.717, 1.165) is 42.6 Å². The number of nitrogens with one attached hydrogen (secondary N) is 1. The summed E-state index contributed by atoms with van der Waals surface area (Å²) in [6.07, 6.45) is 0.934. The van der Waals surface area contributed by atoms with Gasteiger partial charge >= 0.3 is 6.03 Å². The molecule has 0 unspecified atom stereocenters. The lowest BCUT2D eigenvalue weighted by atomic mass is 10.2. The van der Waals surface area contributed by atoms with E-state index in [1.54, 1.807) is 0 Å². The Hall–Kier alpha value is -1.40. The van der Waals surface area contributed by atoms with Crippen molar-refractivity contribution in [3.8, 4) is 0 Å². The minimum absolute atomic E-state index is 0.0516. The van der Waals surface area contributed by atoms with Crippen molar-refractivity contribution in [1.82, 2.24) is 15.1 Å². The summed E-state index contributed by atoms with van der Waals surface area (Å²) < 4.78 is 13.7. The van der Waals surface area contributed by atoms with Gasteiger partial charge in [0.15, 0.2) is 0 Å². The molecule has 0 bridgehead atoms. The molecule has 4 nitrogen and oxygen atoms in total. The number of urea groups is 1. The first kappa shape index (κ1) is 17.0. The van der Waals surface area contributed by atoms with Gasteiger partial charge in [0.1, 0.15) is 5.82 Å². The second-order valence-electron chi connectivity index (χ2n) is 5.42. The van der Waals surface area contributed by atoms with Crippen LogP contribution in [0.1, 0.15) is 12.0 Å². The molecule has 0 radical (unpaired) electrons. The van der Waals surface area contributed by atoms with E-state index in [2.05, 4.69) is 32.7 Å². The molecule has 0 spiro atoms. The Morgan fingerprint density at radius 1 is 1.23 bits per heavy atom. The fourth-order valence-corrected chi connectivity index (χ4v) is 2.60. The van der Waals surface area contributed by atoms with Gasteiger partial charge in [-0.05, 0) is 24.1 Å². The molecular formula is C16H21BrFN3O. The van der Waals surface area contributed by atoms with E-state index in [-0.39, 0.29) is 11.8 Å². The number of benzene rings is 1. The largest absolute Gasteiger partial charge is 0.333 e. The first-order chi connectivity index (χ1) is 10.5. The predicted molar refractivity (Wildman–Crippen MR) is 89.3 cm³/mol. The molecule has 6 heteroatoms. The second kappa shape index (κ2) is 8.29. The molecule has 2 amide bonds. The van der Waals surface area contributed by atoms with Crippen LogP contribution in [0.25, 0.3) is 0 Å². The summed E-state index contributed by atoms with van der Waals surface area (Å²) in [5, 5.41) is 2.83. The molecule has 0 aromatic heterocycles. The zero-order valence-electron chi connectivity index (χ0n) is 12.5. The van der Waals surface area contributed by atoms with Crippen LogP contribution in [-0.2, 0) is 6.54 Å². The second-order valence-corrected chi connectivity index (χ2v) is 6.54. The normalized spacial score (nSPS) is 16.2. The Labute approximate surface area is 139 Å². The van der Waals surface area contributed by atoms with Crippen LogP contribution >= 0.6 is 15.9 Å². The van der Waals surface area contributed by atoms with Crippen molar-refractivity contribution in [2.24, 2.45) is 0 Å². The topological polar surface area (TPSA) is 35.6 Å². The molecule has 1 N–H and O–H groups in total. The maximum Gasteiger partial charge on any atom is 0.317 e. The highest BCUT2D eigenvalue weighted by atomic mass is 79.9. The first-order valence-corrected chi connectivity index (χ1v) is 8.17. The van der Waals surface area contributed by atoms with Crippen molar-refractivity contribution < 1.29 is 9.18 Å². The van der Waals surface area contributed by atoms with Gasteiger partial charge in [-0.25, -0.2) is 9.18 Å². The number of carbonyl (C=O) groups is 1. The SMILES string of the molecule is C=C(Br)CNC(=O)N1CCCN(Cc2ccc(F)cc2)CC1. The highest BCUT2D eigenvalue weighted by Gasteiger charge is 2.18. The molecule has 0 aliphatic carbocycles. The zero-order chi connectivity index (χ0) is 15.9. The third-order valence-electron chi connectivity index (χ3n) is 3.63. The molecular weight excluding hydrogens is 349 g/mol. The first-order valence-electron chi connectivity index (χ1n) is 7.37. The van der Waals surface area contributed by atoms with Crippen molar-refractivity contribution >= 4 is 22.0 Å². The maximum absolute atomic E-state index is 12.9. The maximum atomic E-state index is 12.9. The number of nitrogens with zero attached hydrogens (tertiary/aromatic N) is 2. The van der Waals surface area contributed by atoms with Gasteiger partial charge in [0.25, 0.3) is 0 Å². The Morgan fingerprint density at radius 2 is 1.95 bits per heavy atom. The summed E-state index contributed by atoms with van der Waals surface area (Å²) in [5.41, 5.74) is 1.09. The number of hydrogen-bond acceptors (Lipinski definition) is 2. The van der Waals surface area contributed by atoms with Crippen LogP contribution < -0.4 is 5.32 Å². The smallest absolute Gasteiger partial charge is 0.317 e. The van der Waals surface area contributed by atoms with Crippen LogP contribution in [0.15, 0.2) is 35.3 Å². The molecule has 22 heavy (non-hydrogen) atoms. The summed E-state index contributed by atoms with van der Waals surface area (Å²) in [7, 11) is 0. The van der Waals surface area contributed by atoms with Crippen LogP contribution in [0.2, 0.25) is 0 Å². The van der Waals surface area contributed by atoms with Crippen molar-refractivity contribution in [2.75, 3.05) is 32.7 Å². The third kappa shape index (κ3) is 5.42. The standard InChI is InChI=1S/C16H21BrFN3O/c1-13(17)11-19-16(22)21-8-2-7-20(9-10-21)12-14-3-5-15(18)6-4-14/h3-6H,1-2,7-12H2,(H,19,22). The van der Waals surface area contributed by atoms with Crippen LogP contribution in [0, 0.1) is 5.82 Å². The van der Waals surface area contributed by atoms with E-state index in [1.807, 2.05) is 17.0 Å². The van der Waals surface area contributed by atoms with Crippen molar-refractivity contribution in [3.05, 3.63) is 46.7 Å². The van der Waals surface area contributed by atoms with Gasteiger partial charge in [-0.2, -0.15) is 0 Å². The van der Waals surface area contributed by atoms with E-state index in [1.165, 1.54) is 12.1 Å². The molecule has 1 aromatic carbocycles. The van der Waals surface area contributed by atoms with E-state index >= 15 is 0 Å². The minimum Gasteiger partial charge on any atom is -0.333 e. The molecule has 120 valence electrons.